The number of hydrogen-bond acceptors (Lipinski definition) is 3. The van der Waals surface area contributed by atoms with Crippen molar-refractivity contribution in [1.82, 2.24) is 9.78 Å². The number of carbonyl (C=O) groups excluding carboxylic acids is 1. The highest BCUT2D eigenvalue weighted by Crippen LogP contribution is 2.34. The quantitative estimate of drug-likeness (QED) is 0.852. The number of thiol groups is 1. The first-order valence-electron chi connectivity index (χ1n) is 6.74. The van der Waals surface area contributed by atoms with Gasteiger partial charge in [0, 0.05) is 19.0 Å². The normalized spacial score (nSPS) is 25.3. The zero-order chi connectivity index (χ0) is 12.5. The molecule has 1 aliphatic carbocycles. The van der Waals surface area contributed by atoms with Crippen molar-refractivity contribution < 1.29 is 4.79 Å². The maximum Gasteiger partial charge on any atom is 0.228 e. The maximum atomic E-state index is 12.1. The van der Waals surface area contributed by atoms with E-state index in [4.69, 9.17) is 0 Å². The van der Waals surface area contributed by atoms with Gasteiger partial charge in [-0.25, -0.2) is 4.68 Å². The van der Waals surface area contributed by atoms with Gasteiger partial charge in [0.25, 0.3) is 0 Å². The Kier molecular flexibility index (Phi) is 3.33. The summed E-state index contributed by atoms with van der Waals surface area (Å²) in [5.41, 5.74) is 0. The average molecular weight is 265 g/mol. The Bertz CT molecular complexity index is 439. The van der Waals surface area contributed by atoms with Crippen molar-refractivity contribution in [2.45, 2.75) is 38.1 Å². The molecule has 5 heteroatoms. The summed E-state index contributed by atoms with van der Waals surface area (Å²) in [6, 6.07) is 2.45. The summed E-state index contributed by atoms with van der Waals surface area (Å²) >= 11 is 4.31. The standard InChI is InChI=1S/C13H19N3OS/c17-13-7-10(9-18)8-15(13)12-5-6-14-16(12)11-3-1-2-4-11/h5-6,10-11,18H,1-4,7-9H2. The van der Waals surface area contributed by atoms with Gasteiger partial charge < -0.3 is 0 Å². The lowest BCUT2D eigenvalue weighted by Crippen LogP contribution is -2.28. The molecule has 1 saturated heterocycles. The molecule has 1 amide bonds. The van der Waals surface area contributed by atoms with E-state index in [1.165, 1.54) is 25.7 Å². The molecule has 0 radical (unpaired) electrons. The molecule has 1 aliphatic heterocycles. The Morgan fingerprint density at radius 1 is 1.39 bits per heavy atom. The number of aromatic nitrogens is 2. The predicted molar refractivity (Wildman–Crippen MR) is 74.0 cm³/mol. The van der Waals surface area contributed by atoms with Gasteiger partial charge in [0.05, 0.1) is 12.2 Å². The van der Waals surface area contributed by atoms with Crippen LogP contribution in [0.2, 0.25) is 0 Å². The van der Waals surface area contributed by atoms with Gasteiger partial charge >= 0.3 is 0 Å². The first kappa shape index (κ1) is 12.1. The fourth-order valence-corrected chi connectivity index (χ4v) is 3.32. The molecule has 1 aromatic heterocycles. The molecule has 4 nitrogen and oxygen atoms in total. The first-order chi connectivity index (χ1) is 8.79. The molecular formula is C13H19N3OS. The summed E-state index contributed by atoms with van der Waals surface area (Å²) in [6.07, 6.45) is 7.36. The summed E-state index contributed by atoms with van der Waals surface area (Å²) in [5.74, 6) is 2.36. The number of carbonyl (C=O) groups is 1. The Hall–Kier alpha value is -0.970. The van der Waals surface area contributed by atoms with E-state index in [1.54, 1.807) is 0 Å². The minimum atomic E-state index is 0.216. The van der Waals surface area contributed by atoms with Crippen LogP contribution in [-0.4, -0.2) is 28.0 Å². The number of anilines is 1. The predicted octanol–water partition coefficient (Wildman–Crippen LogP) is 2.28. The van der Waals surface area contributed by atoms with Crippen LogP contribution in [-0.2, 0) is 4.79 Å². The van der Waals surface area contributed by atoms with Crippen molar-refractivity contribution in [2.75, 3.05) is 17.2 Å². The van der Waals surface area contributed by atoms with E-state index in [0.717, 1.165) is 18.1 Å². The van der Waals surface area contributed by atoms with Gasteiger partial charge in [-0.3, -0.25) is 9.69 Å². The van der Waals surface area contributed by atoms with Crippen LogP contribution >= 0.6 is 12.6 Å². The van der Waals surface area contributed by atoms with Crippen LogP contribution in [0, 0.1) is 5.92 Å². The van der Waals surface area contributed by atoms with Crippen LogP contribution in [0.4, 0.5) is 5.82 Å². The highest BCUT2D eigenvalue weighted by Gasteiger charge is 2.32. The SMILES string of the molecule is O=C1CC(CS)CN1c1ccnn1C1CCCC1. The van der Waals surface area contributed by atoms with Gasteiger partial charge in [0.2, 0.25) is 5.91 Å². The molecule has 1 unspecified atom stereocenters. The van der Waals surface area contributed by atoms with Crippen LogP contribution in [0.5, 0.6) is 0 Å². The number of rotatable bonds is 3. The van der Waals surface area contributed by atoms with Gasteiger partial charge in [-0.2, -0.15) is 17.7 Å². The first-order valence-corrected chi connectivity index (χ1v) is 7.37. The van der Waals surface area contributed by atoms with Gasteiger partial charge in [-0.15, -0.1) is 0 Å². The largest absolute Gasteiger partial charge is 0.297 e. The molecule has 98 valence electrons. The fourth-order valence-electron chi connectivity index (χ4n) is 3.08. The van der Waals surface area contributed by atoms with Gasteiger partial charge in [0.15, 0.2) is 0 Å². The molecule has 0 bridgehead atoms. The molecule has 18 heavy (non-hydrogen) atoms. The van der Waals surface area contributed by atoms with Crippen molar-refractivity contribution in [3.05, 3.63) is 12.3 Å². The third-order valence-electron chi connectivity index (χ3n) is 4.06. The molecule has 2 aliphatic rings. The minimum Gasteiger partial charge on any atom is -0.297 e. The van der Waals surface area contributed by atoms with E-state index in [9.17, 15) is 4.79 Å². The molecule has 2 fully saturated rings. The lowest BCUT2D eigenvalue weighted by atomic mass is 10.1. The van der Waals surface area contributed by atoms with E-state index >= 15 is 0 Å². The third kappa shape index (κ3) is 2.05. The highest BCUT2D eigenvalue weighted by molar-refractivity contribution is 7.80. The summed E-state index contributed by atoms with van der Waals surface area (Å²) in [4.78, 5) is 14.0. The average Bonchev–Trinajstić information content (AvgIpc) is 3.07. The second-order valence-electron chi connectivity index (χ2n) is 5.33. The summed E-state index contributed by atoms with van der Waals surface area (Å²) in [6.45, 7) is 0.792. The van der Waals surface area contributed by atoms with Crippen LogP contribution in [0.25, 0.3) is 0 Å². The molecular weight excluding hydrogens is 246 g/mol. The number of nitrogens with zero attached hydrogens (tertiary/aromatic N) is 3. The van der Waals surface area contributed by atoms with Crippen molar-refractivity contribution in [3.8, 4) is 0 Å². The van der Waals surface area contributed by atoms with Crippen LogP contribution in [0.1, 0.15) is 38.1 Å². The Labute approximate surface area is 113 Å². The van der Waals surface area contributed by atoms with Gasteiger partial charge in [-0.1, -0.05) is 12.8 Å². The third-order valence-corrected chi connectivity index (χ3v) is 4.58. The molecule has 1 atom stereocenters. The molecule has 1 saturated carbocycles. The maximum absolute atomic E-state index is 12.1. The van der Waals surface area contributed by atoms with Crippen molar-refractivity contribution in [1.29, 1.82) is 0 Å². The Morgan fingerprint density at radius 3 is 2.83 bits per heavy atom. The molecule has 0 N–H and O–H groups in total. The van der Waals surface area contributed by atoms with Crippen molar-refractivity contribution >= 4 is 24.4 Å². The fraction of sp³-hybridized carbons (Fsp3) is 0.692. The van der Waals surface area contributed by atoms with Gasteiger partial charge in [-0.05, 0) is 24.5 Å². The summed E-state index contributed by atoms with van der Waals surface area (Å²) in [7, 11) is 0. The Balaban J connectivity index is 1.84. The Morgan fingerprint density at radius 2 is 2.17 bits per heavy atom. The molecule has 2 heterocycles. The second kappa shape index (κ2) is 4.96. The summed E-state index contributed by atoms with van der Waals surface area (Å²) < 4.78 is 2.06. The van der Waals surface area contributed by atoms with Crippen LogP contribution in [0.15, 0.2) is 12.3 Å². The molecule has 1 aromatic rings. The second-order valence-corrected chi connectivity index (χ2v) is 5.69. The monoisotopic (exact) mass is 265 g/mol. The molecule has 3 rings (SSSR count). The lowest BCUT2D eigenvalue weighted by molar-refractivity contribution is -0.117. The number of hydrogen-bond donors (Lipinski definition) is 1. The minimum absolute atomic E-state index is 0.216. The van der Waals surface area contributed by atoms with E-state index in [1.807, 2.05) is 17.2 Å². The van der Waals surface area contributed by atoms with Crippen LogP contribution < -0.4 is 4.90 Å². The summed E-state index contributed by atoms with van der Waals surface area (Å²) in [5, 5.41) is 4.43. The van der Waals surface area contributed by atoms with Crippen LogP contribution in [0.3, 0.4) is 0 Å². The molecule has 0 spiro atoms. The van der Waals surface area contributed by atoms with E-state index in [2.05, 4.69) is 22.4 Å². The number of amides is 1. The molecule has 0 aromatic carbocycles. The zero-order valence-electron chi connectivity index (χ0n) is 10.5. The van der Waals surface area contributed by atoms with E-state index < -0.39 is 0 Å². The zero-order valence-corrected chi connectivity index (χ0v) is 11.4. The van der Waals surface area contributed by atoms with Crippen molar-refractivity contribution in [2.24, 2.45) is 5.92 Å². The smallest absolute Gasteiger partial charge is 0.228 e. The van der Waals surface area contributed by atoms with E-state index in [-0.39, 0.29) is 5.91 Å². The van der Waals surface area contributed by atoms with Crippen molar-refractivity contribution in [3.63, 3.8) is 0 Å². The highest BCUT2D eigenvalue weighted by atomic mass is 32.1. The van der Waals surface area contributed by atoms with E-state index in [0.29, 0.717) is 18.4 Å². The lowest BCUT2D eigenvalue weighted by Gasteiger charge is -2.21. The topological polar surface area (TPSA) is 38.1 Å². The van der Waals surface area contributed by atoms with Gasteiger partial charge in [0.1, 0.15) is 5.82 Å².